The molecule has 1 aliphatic rings. The average Bonchev–Trinajstić information content (AvgIpc) is 2.43. The van der Waals surface area contributed by atoms with E-state index < -0.39 is 17.9 Å². The number of aliphatic carboxylic acids is 1. The number of pyridine rings is 1. The quantitative estimate of drug-likeness (QED) is 0.0261. The van der Waals surface area contributed by atoms with Crippen molar-refractivity contribution in [3.8, 4) is 11.3 Å². The molecule has 4 aromatic heterocycles. The summed E-state index contributed by atoms with van der Waals surface area (Å²) in [4.78, 5) is 99.6. The van der Waals surface area contributed by atoms with E-state index in [1.807, 2.05) is 79.5 Å². The van der Waals surface area contributed by atoms with Crippen molar-refractivity contribution in [1.82, 2.24) is 60.6 Å². The molecule has 0 radical (unpaired) electrons. The predicted octanol–water partition coefficient (Wildman–Crippen LogP) is 3.47. The fourth-order valence-electron chi connectivity index (χ4n) is 9.27. The van der Waals surface area contributed by atoms with Gasteiger partial charge in [0.2, 0.25) is 23.7 Å². The van der Waals surface area contributed by atoms with E-state index in [9.17, 15) is 29.1 Å². The van der Waals surface area contributed by atoms with E-state index in [4.69, 9.17) is 35.2 Å². The Labute approximate surface area is 520 Å². The molecule has 4 amide bonds. The first-order valence-corrected chi connectivity index (χ1v) is 29.5. The van der Waals surface area contributed by atoms with Crippen LogP contribution in [-0.4, -0.2) is 204 Å². The molecule has 90 heavy (non-hydrogen) atoms. The maximum Gasteiger partial charge on any atom is 0.326 e. The molecule has 1 atom stereocenters. The molecule has 5 heterocycles. The summed E-state index contributed by atoms with van der Waals surface area (Å²) in [7, 11) is 1.83. The van der Waals surface area contributed by atoms with Crippen LogP contribution in [0.3, 0.4) is 0 Å². The van der Waals surface area contributed by atoms with Crippen molar-refractivity contribution < 1.29 is 52.8 Å². The van der Waals surface area contributed by atoms with E-state index in [0.717, 1.165) is 66.5 Å². The van der Waals surface area contributed by atoms with Gasteiger partial charge in [0.15, 0.2) is 11.5 Å². The minimum absolute atomic E-state index is 0.00805. The lowest BCUT2D eigenvalue weighted by Crippen LogP contribution is -2.49. The summed E-state index contributed by atoms with van der Waals surface area (Å²) in [6.07, 6.45) is 6.49. The number of nitrogen functional groups attached to an aromatic ring is 2. The molecule has 1 aliphatic heterocycles. The number of hydrogen-bond donors (Lipinski definition) is 8. The number of carbonyl (C=O) groups is 5. The van der Waals surface area contributed by atoms with E-state index in [-0.39, 0.29) is 66.7 Å². The molecular weight excluding hydrogens is 1160 g/mol. The third kappa shape index (κ3) is 21.7. The number of nitrogens with zero attached hydrogens (tertiary/aromatic N) is 10. The molecule has 0 aliphatic carbocycles. The third-order valence-electron chi connectivity index (χ3n) is 14.2. The predicted molar refractivity (Wildman–Crippen MR) is 337 cm³/mol. The van der Waals surface area contributed by atoms with Gasteiger partial charge in [0.05, 0.1) is 96.7 Å². The zero-order valence-corrected chi connectivity index (χ0v) is 50.5. The van der Waals surface area contributed by atoms with Crippen molar-refractivity contribution in [2.75, 3.05) is 146 Å². The van der Waals surface area contributed by atoms with Crippen LogP contribution in [0.4, 0.5) is 34.8 Å². The van der Waals surface area contributed by atoms with Crippen LogP contribution < -0.4 is 43.0 Å². The summed E-state index contributed by atoms with van der Waals surface area (Å²) < 4.78 is 27.7. The van der Waals surface area contributed by atoms with Gasteiger partial charge in [-0.15, -0.1) is 0 Å². The molecule has 3 aromatic carbocycles. The van der Waals surface area contributed by atoms with E-state index in [2.05, 4.69) is 71.3 Å². The summed E-state index contributed by atoms with van der Waals surface area (Å²) in [5.74, 6) is -1.93. The maximum atomic E-state index is 13.3. The van der Waals surface area contributed by atoms with E-state index >= 15 is 0 Å². The van der Waals surface area contributed by atoms with Crippen molar-refractivity contribution in [2.45, 2.75) is 38.9 Å². The SMILES string of the molecule is Cc1ccc(NC(=O)c2ccc(CN3CCN(CC(=O)NCCOCCOCCOCCOCCOCCNC(=O)CCC(NC(=O)c4ccc(N(C)Cc5cnc6c(N)nc(N)nc6n5)cc4)C(=O)O)CC3)cc2)cc1Nc1nccc(-c2cccnc2)n1. The van der Waals surface area contributed by atoms with Crippen molar-refractivity contribution in [1.29, 1.82) is 0 Å². The number of amides is 4. The molecule has 7 aromatic rings. The van der Waals surface area contributed by atoms with Crippen LogP contribution in [0, 0.1) is 6.92 Å². The van der Waals surface area contributed by atoms with Crippen molar-refractivity contribution in [3.05, 3.63) is 138 Å². The van der Waals surface area contributed by atoms with Crippen molar-refractivity contribution in [2.24, 2.45) is 0 Å². The summed E-state index contributed by atoms with van der Waals surface area (Å²) in [5.41, 5.74) is 19.4. The Morgan fingerprint density at radius 3 is 1.97 bits per heavy atom. The van der Waals surface area contributed by atoms with Crippen LogP contribution in [0.2, 0.25) is 0 Å². The van der Waals surface area contributed by atoms with E-state index in [1.54, 1.807) is 49.1 Å². The molecule has 0 spiro atoms. The van der Waals surface area contributed by atoms with Crippen LogP contribution in [-0.2, 0) is 51.2 Å². The van der Waals surface area contributed by atoms with Gasteiger partial charge in [-0.2, -0.15) is 9.97 Å². The number of nitrogens with two attached hydrogens (primary N) is 2. The Kier molecular flexibility index (Phi) is 25.8. The molecule has 8 rings (SSSR count). The minimum atomic E-state index is -1.28. The number of piperazine rings is 1. The Balaban J connectivity index is 0.569. The molecule has 0 saturated carbocycles. The largest absolute Gasteiger partial charge is 0.480 e. The molecule has 0 bridgehead atoms. The number of carboxylic acids is 1. The molecule has 476 valence electrons. The fourth-order valence-corrected chi connectivity index (χ4v) is 9.27. The number of hydrogen-bond acceptors (Lipinski definition) is 23. The highest BCUT2D eigenvalue weighted by molar-refractivity contribution is 6.04. The Bertz CT molecular complexity index is 3460. The standard InChI is InChI=1S/C62H77N17O11/c1-42-5-12-47(36-52(42)74-62-68-19-17-50(73-62)46-4-3-18-65-37-46)71-58(82)44-8-6-43(7-9-44)39-78-22-24-79(25-23-78)41-54(81)67-21-27-87-29-31-89-33-35-90-34-32-88-30-28-86-26-20-66-53(80)16-15-51(60(84)85)72-59(83)45-10-13-49(14-11-45)77(2)40-48-38-69-55-56(63)75-61(64)76-57(55)70-48/h3-14,17-19,36-38,51H,15-16,20-35,39-41H2,1-2H3,(H,66,80)(H,67,81)(H,71,82)(H,72,83)(H,84,85)(H,68,73,74)(H4,63,64,70,75,76). The third-order valence-corrected chi connectivity index (χ3v) is 14.2. The Hall–Kier alpha value is -9.42. The second-order valence-corrected chi connectivity index (χ2v) is 20.9. The Morgan fingerprint density at radius 2 is 1.31 bits per heavy atom. The van der Waals surface area contributed by atoms with Gasteiger partial charge in [-0.25, -0.2) is 24.7 Å². The van der Waals surface area contributed by atoms with Crippen LogP contribution >= 0.6 is 0 Å². The van der Waals surface area contributed by atoms with Gasteiger partial charge in [0, 0.05) is 112 Å². The van der Waals surface area contributed by atoms with Gasteiger partial charge in [-0.05, 0) is 91.2 Å². The first-order chi connectivity index (χ1) is 43.7. The molecule has 28 heteroatoms. The lowest BCUT2D eigenvalue weighted by Gasteiger charge is -2.34. The lowest BCUT2D eigenvalue weighted by atomic mass is 10.1. The van der Waals surface area contributed by atoms with Crippen LogP contribution in [0.15, 0.2) is 110 Å². The molecule has 1 fully saturated rings. The van der Waals surface area contributed by atoms with Crippen LogP contribution in [0.25, 0.3) is 22.4 Å². The summed E-state index contributed by atoms with van der Waals surface area (Å²) in [6, 6.07) is 24.2. The fraction of sp³-hybridized carbons (Fsp3) is 0.387. The number of benzene rings is 3. The highest BCUT2D eigenvalue weighted by Gasteiger charge is 2.23. The number of aryl methyl sites for hydroxylation is 1. The first-order valence-electron chi connectivity index (χ1n) is 29.5. The second-order valence-electron chi connectivity index (χ2n) is 20.9. The van der Waals surface area contributed by atoms with Gasteiger partial charge in [0.1, 0.15) is 11.6 Å². The number of nitrogens with one attached hydrogen (secondary N) is 5. The molecular formula is C62H77N17O11. The summed E-state index contributed by atoms with van der Waals surface area (Å²) in [5, 5.41) is 24.1. The molecule has 10 N–H and O–H groups in total. The van der Waals surface area contributed by atoms with Gasteiger partial charge in [-0.3, -0.25) is 34.0 Å². The van der Waals surface area contributed by atoms with Gasteiger partial charge in [0.25, 0.3) is 11.8 Å². The number of aromatic nitrogens is 7. The highest BCUT2D eigenvalue weighted by Crippen LogP contribution is 2.26. The van der Waals surface area contributed by atoms with Gasteiger partial charge >= 0.3 is 5.97 Å². The average molecular weight is 1240 g/mol. The number of rotatable bonds is 36. The first kappa shape index (κ1) is 66.5. The topological polar surface area (TPSA) is 364 Å². The van der Waals surface area contributed by atoms with Gasteiger partial charge in [-0.1, -0.05) is 18.2 Å². The highest BCUT2D eigenvalue weighted by atomic mass is 16.6. The van der Waals surface area contributed by atoms with Crippen molar-refractivity contribution in [3.63, 3.8) is 0 Å². The zero-order valence-electron chi connectivity index (χ0n) is 50.5. The lowest BCUT2D eigenvalue weighted by molar-refractivity contribution is -0.139. The van der Waals surface area contributed by atoms with Crippen molar-refractivity contribution >= 4 is 75.5 Å². The second kappa shape index (κ2) is 34.9. The van der Waals surface area contributed by atoms with Crippen LogP contribution in [0.1, 0.15) is 50.4 Å². The number of carboxylic acid groups (broad SMARTS) is 1. The normalized spacial score (nSPS) is 12.9. The number of fused-ring (bicyclic) bond motifs is 1. The number of anilines is 6. The molecule has 28 nitrogen and oxygen atoms in total. The smallest absolute Gasteiger partial charge is 0.326 e. The monoisotopic (exact) mass is 1240 g/mol. The van der Waals surface area contributed by atoms with Gasteiger partial charge < -0.3 is 71.7 Å². The summed E-state index contributed by atoms with van der Waals surface area (Å²) in [6.45, 7) is 10.7. The zero-order chi connectivity index (χ0) is 63.5. The molecule has 1 saturated heterocycles. The number of ether oxygens (including phenoxy) is 5. The minimum Gasteiger partial charge on any atom is -0.480 e. The maximum absolute atomic E-state index is 13.3. The number of carbonyl (C=O) groups excluding carboxylic acids is 4. The molecule has 1 unspecified atom stereocenters. The summed E-state index contributed by atoms with van der Waals surface area (Å²) >= 11 is 0. The van der Waals surface area contributed by atoms with Crippen LogP contribution in [0.5, 0.6) is 0 Å². The Morgan fingerprint density at radius 1 is 0.678 bits per heavy atom. The van der Waals surface area contributed by atoms with E-state index in [0.29, 0.717) is 108 Å². The van der Waals surface area contributed by atoms with E-state index in [1.165, 1.54) is 0 Å².